The number of aliphatic hydroxyl groups excluding tert-OH is 1. The molecule has 0 aliphatic carbocycles. The topological polar surface area (TPSA) is 63.3 Å². The maximum atomic E-state index is 11.2. The Hall–Kier alpha value is -0.580. The minimum Gasteiger partial charge on any atom is -0.396 e. The summed E-state index contributed by atoms with van der Waals surface area (Å²) in [5.74, 6) is -1.02. The summed E-state index contributed by atoms with van der Waals surface area (Å²) in [6, 6.07) is 7.64. The number of amides is 1. The summed E-state index contributed by atoms with van der Waals surface area (Å²) in [7, 11) is 0. The van der Waals surface area contributed by atoms with Gasteiger partial charge in [-0.3, -0.25) is 4.79 Å². The fourth-order valence-corrected chi connectivity index (χ4v) is 1.94. The molecule has 1 aromatic rings. The number of halogens is 2. The van der Waals surface area contributed by atoms with Crippen LogP contribution in [0, 0.1) is 5.92 Å². The van der Waals surface area contributed by atoms with Gasteiger partial charge in [-0.05, 0) is 31.0 Å². The van der Waals surface area contributed by atoms with E-state index in [9.17, 15) is 9.90 Å². The van der Waals surface area contributed by atoms with Crippen molar-refractivity contribution >= 4 is 33.4 Å². The molecule has 94 valence electrons. The van der Waals surface area contributed by atoms with E-state index < -0.39 is 16.7 Å². The molecule has 0 heterocycles. The number of aliphatic hydroxyl groups is 1. The predicted molar refractivity (Wildman–Crippen MR) is 71.9 cm³/mol. The van der Waals surface area contributed by atoms with Gasteiger partial charge in [0.15, 0.2) is 0 Å². The first-order valence-electron chi connectivity index (χ1n) is 5.22. The fraction of sp³-hybridized carbons (Fsp3) is 0.417. The lowest BCUT2D eigenvalue weighted by Gasteiger charge is -2.27. The van der Waals surface area contributed by atoms with Crippen LogP contribution in [-0.2, 0) is 11.2 Å². The average molecular weight is 321 g/mol. The molecule has 0 saturated heterocycles. The summed E-state index contributed by atoms with van der Waals surface area (Å²) >= 11 is 9.42. The van der Waals surface area contributed by atoms with Gasteiger partial charge in [-0.1, -0.05) is 28.1 Å². The molecule has 0 aliphatic heterocycles. The van der Waals surface area contributed by atoms with E-state index in [1.54, 1.807) is 0 Å². The number of primary amides is 1. The molecule has 0 spiro atoms. The van der Waals surface area contributed by atoms with E-state index in [1.807, 2.05) is 24.3 Å². The highest BCUT2D eigenvalue weighted by Gasteiger charge is 2.37. The van der Waals surface area contributed by atoms with Gasteiger partial charge in [-0.25, -0.2) is 0 Å². The zero-order chi connectivity index (χ0) is 13.1. The van der Waals surface area contributed by atoms with Crippen molar-refractivity contribution in [3.63, 3.8) is 0 Å². The van der Waals surface area contributed by atoms with E-state index in [2.05, 4.69) is 15.9 Å². The molecule has 0 bridgehead atoms. The normalized spacial score (nSPS) is 16.2. The van der Waals surface area contributed by atoms with E-state index in [4.69, 9.17) is 17.3 Å². The molecule has 5 heteroatoms. The molecule has 1 rings (SSSR count). The van der Waals surface area contributed by atoms with E-state index in [0.717, 1.165) is 10.0 Å². The van der Waals surface area contributed by atoms with Gasteiger partial charge < -0.3 is 10.8 Å². The number of alkyl halides is 1. The molecular weight excluding hydrogens is 305 g/mol. The number of hydrogen-bond acceptors (Lipinski definition) is 2. The Labute approximate surface area is 114 Å². The van der Waals surface area contributed by atoms with Crippen LogP contribution in [0.1, 0.15) is 12.5 Å². The first kappa shape index (κ1) is 14.5. The van der Waals surface area contributed by atoms with Crippen LogP contribution in [0.25, 0.3) is 0 Å². The van der Waals surface area contributed by atoms with Gasteiger partial charge in [0.1, 0.15) is 4.87 Å². The molecule has 1 unspecified atom stereocenters. The van der Waals surface area contributed by atoms with Gasteiger partial charge in [-0.15, -0.1) is 11.6 Å². The highest BCUT2D eigenvalue weighted by Crippen LogP contribution is 2.28. The van der Waals surface area contributed by atoms with Crippen molar-refractivity contribution in [3.05, 3.63) is 34.3 Å². The van der Waals surface area contributed by atoms with Crippen molar-refractivity contribution < 1.29 is 9.90 Å². The fourth-order valence-electron chi connectivity index (χ4n) is 1.53. The summed E-state index contributed by atoms with van der Waals surface area (Å²) in [5, 5.41) is 9.32. The van der Waals surface area contributed by atoms with Crippen LogP contribution in [-0.4, -0.2) is 22.5 Å². The van der Waals surface area contributed by atoms with Gasteiger partial charge >= 0.3 is 0 Å². The number of carbonyl (C=O) groups excluding carboxylic acids is 1. The Morgan fingerprint density at radius 3 is 2.47 bits per heavy atom. The number of hydrogen-bond donors (Lipinski definition) is 2. The summed E-state index contributed by atoms with van der Waals surface area (Å²) in [4.78, 5) is 10.0. The van der Waals surface area contributed by atoms with Gasteiger partial charge in [-0.2, -0.15) is 0 Å². The quantitative estimate of drug-likeness (QED) is 0.816. The lowest BCUT2D eigenvalue weighted by Crippen LogP contribution is -2.45. The van der Waals surface area contributed by atoms with Crippen LogP contribution < -0.4 is 5.73 Å². The molecule has 3 nitrogen and oxygen atoms in total. The zero-order valence-electron chi connectivity index (χ0n) is 9.49. The van der Waals surface area contributed by atoms with Crippen molar-refractivity contribution in [1.82, 2.24) is 0 Å². The van der Waals surface area contributed by atoms with Gasteiger partial charge in [0.25, 0.3) is 0 Å². The number of carbonyl (C=O) groups is 1. The van der Waals surface area contributed by atoms with Crippen molar-refractivity contribution in [2.75, 3.05) is 6.61 Å². The average Bonchev–Trinajstić information content (AvgIpc) is 2.27. The first-order valence-corrected chi connectivity index (χ1v) is 6.39. The molecule has 0 aromatic heterocycles. The third-order valence-corrected chi connectivity index (χ3v) is 3.89. The zero-order valence-corrected chi connectivity index (χ0v) is 11.8. The predicted octanol–water partition coefficient (Wildman–Crippen LogP) is 2.08. The molecule has 0 fully saturated rings. The second kappa shape index (κ2) is 5.85. The highest BCUT2D eigenvalue weighted by molar-refractivity contribution is 9.10. The molecule has 17 heavy (non-hydrogen) atoms. The Kier molecular flexibility index (Phi) is 4.98. The van der Waals surface area contributed by atoms with Crippen LogP contribution >= 0.6 is 27.5 Å². The SMILES string of the molecule is CC(Cl)(C(N)=O)[C@H](CO)Cc1ccc(Br)cc1. The molecule has 2 atom stereocenters. The largest absolute Gasteiger partial charge is 0.396 e. The highest BCUT2D eigenvalue weighted by atomic mass is 79.9. The standard InChI is InChI=1S/C12H15BrClNO2/c1-12(14,11(15)17)9(7-16)6-8-2-4-10(13)5-3-8/h2-5,9,16H,6-7H2,1H3,(H2,15,17)/t9-,12?/m0/s1. The molecule has 1 aromatic carbocycles. The Bertz CT molecular complexity index is 392. The van der Waals surface area contributed by atoms with Gasteiger partial charge in [0.05, 0.1) is 0 Å². The summed E-state index contributed by atoms with van der Waals surface area (Å²) in [5.41, 5.74) is 6.24. The first-order chi connectivity index (χ1) is 7.87. The lowest BCUT2D eigenvalue weighted by molar-refractivity contribution is -0.121. The van der Waals surface area contributed by atoms with Gasteiger partial charge in [0, 0.05) is 17.0 Å². The molecule has 3 N–H and O–H groups in total. The second-order valence-corrected chi connectivity index (χ2v) is 5.85. The van der Waals surface area contributed by atoms with E-state index in [1.165, 1.54) is 6.92 Å². The van der Waals surface area contributed by atoms with E-state index >= 15 is 0 Å². The Morgan fingerprint density at radius 1 is 1.53 bits per heavy atom. The Balaban J connectivity index is 2.83. The summed E-state index contributed by atoms with van der Waals surface area (Å²) < 4.78 is 0.977. The van der Waals surface area contributed by atoms with Crippen LogP contribution in [0.4, 0.5) is 0 Å². The molecule has 0 aliphatic rings. The number of benzene rings is 1. The molecule has 1 amide bonds. The third-order valence-electron chi connectivity index (χ3n) is 2.86. The smallest absolute Gasteiger partial charge is 0.238 e. The van der Waals surface area contributed by atoms with Crippen LogP contribution in [0.15, 0.2) is 28.7 Å². The second-order valence-electron chi connectivity index (χ2n) is 4.15. The summed E-state index contributed by atoms with van der Waals surface area (Å²) in [6.07, 6.45) is 0.507. The van der Waals surface area contributed by atoms with E-state index in [0.29, 0.717) is 6.42 Å². The van der Waals surface area contributed by atoms with Crippen molar-refractivity contribution in [2.45, 2.75) is 18.2 Å². The minimum absolute atomic E-state index is 0.182. The minimum atomic E-state index is -1.23. The molecular formula is C12H15BrClNO2. The maximum Gasteiger partial charge on any atom is 0.238 e. The van der Waals surface area contributed by atoms with Crippen LogP contribution in [0.3, 0.4) is 0 Å². The lowest BCUT2D eigenvalue weighted by atomic mass is 9.87. The van der Waals surface area contributed by atoms with Crippen molar-refractivity contribution in [3.8, 4) is 0 Å². The molecule has 0 radical (unpaired) electrons. The maximum absolute atomic E-state index is 11.2. The van der Waals surface area contributed by atoms with Gasteiger partial charge in [0.2, 0.25) is 5.91 Å². The number of nitrogens with two attached hydrogens (primary N) is 1. The Morgan fingerprint density at radius 2 is 2.06 bits per heavy atom. The summed E-state index contributed by atoms with van der Waals surface area (Å²) in [6.45, 7) is 1.36. The van der Waals surface area contributed by atoms with Crippen LogP contribution in [0.5, 0.6) is 0 Å². The van der Waals surface area contributed by atoms with E-state index in [-0.39, 0.29) is 6.61 Å². The van der Waals surface area contributed by atoms with Crippen LogP contribution in [0.2, 0.25) is 0 Å². The number of rotatable bonds is 5. The van der Waals surface area contributed by atoms with Crippen molar-refractivity contribution in [2.24, 2.45) is 11.7 Å². The van der Waals surface area contributed by atoms with Crippen molar-refractivity contribution in [1.29, 1.82) is 0 Å². The molecule has 0 saturated carbocycles. The monoisotopic (exact) mass is 319 g/mol. The third kappa shape index (κ3) is 3.69.